The molecule has 1 amide bonds. The molecule has 6 heteroatoms. The van der Waals surface area contributed by atoms with E-state index in [0.29, 0.717) is 30.1 Å². The summed E-state index contributed by atoms with van der Waals surface area (Å²) in [6, 6.07) is 14.3. The standard InChI is InChI=1S/C20H23ClN2O3/c1-14-10-11-16(13-17(14)21)23-20(25)19(15-7-4-3-5-8-15)22-12-6-9-18(24)26-2/h3-5,7-8,10-11,13,19,22H,6,9,12H2,1-2H3,(H,23,25)/t19-/m0/s1. The molecule has 138 valence electrons. The van der Waals surface area contributed by atoms with Crippen LogP contribution in [0.15, 0.2) is 48.5 Å². The Morgan fingerprint density at radius 3 is 2.54 bits per heavy atom. The van der Waals surface area contributed by atoms with Crippen molar-refractivity contribution in [2.75, 3.05) is 19.0 Å². The average molecular weight is 375 g/mol. The number of carbonyl (C=O) groups excluding carboxylic acids is 2. The number of amides is 1. The van der Waals surface area contributed by atoms with Gasteiger partial charge in [-0.2, -0.15) is 0 Å². The van der Waals surface area contributed by atoms with Crippen LogP contribution in [0, 0.1) is 6.92 Å². The van der Waals surface area contributed by atoms with Crippen molar-refractivity contribution < 1.29 is 14.3 Å². The van der Waals surface area contributed by atoms with Gasteiger partial charge in [0, 0.05) is 17.1 Å². The maximum atomic E-state index is 12.8. The van der Waals surface area contributed by atoms with Gasteiger partial charge in [-0.25, -0.2) is 0 Å². The minimum Gasteiger partial charge on any atom is -0.469 e. The predicted octanol–water partition coefficient (Wildman–Crippen LogP) is 3.87. The van der Waals surface area contributed by atoms with Crippen LogP contribution in [-0.4, -0.2) is 25.5 Å². The van der Waals surface area contributed by atoms with Gasteiger partial charge in [0.2, 0.25) is 5.91 Å². The fraction of sp³-hybridized carbons (Fsp3) is 0.300. The lowest BCUT2D eigenvalue weighted by Crippen LogP contribution is -2.33. The summed E-state index contributed by atoms with van der Waals surface area (Å²) in [7, 11) is 1.36. The Kier molecular flexibility index (Phi) is 7.63. The lowest BCUT2D eigenvalue weighted by Gasteiger charge is -2.19. The van der Waals surface area contributed by atoms with E-state index in [2.05, 4.69) is 15.4 Å². The monoisotopic (exact) mass is 374 g/mol. The van der Waals surface area contributed by atoms with Crippen LogP contribution in [0.2, 0.25) is 5.02 Å². The van der Waals surface area contributed by atoms with Crippen molar-refractivity contribution in [1.82, 2.24) is 5.32 Å². The van der Waals surface area contributed by atoms with Gasteiger partial charge in [0.05, 0.1) is 7.11 Å². The molecular formula is C20H23ClN2O3. The summed E-state index contributed by atoms with van der Waals surface area (Å²) in [4.78, 5) is 24.0. The number of hydrogen-bond acceptors (Lipinski definition) is 4. The highest BCUT2D eigenvalue weighted by molar-refractivity contribution is 6.31. The second-order valence-corrected chi connectivity index (χ2v) is 6.34. The topological polar surface area (TPSA) is 67.4 Å². The Morgan fingerprint density at radius 2 is 1.88 bits per heavy atom. The molecule has 0 aliphatic rings. The van der Waals surface area contributed by atoms with Crippen molar-refractivity contribution in [2.24, 2.45) is 0 Å². The molecular weight excluding hydrogens is 352 g/mol. The number of rotatable bonds is 8. The van der Waals surface area contributed by atoms with Gasteiger partial charge in [0.15, 0.2) is 0 Å². The van der Waals surface area contributed by atoms with Crippen LogP contribution in [0.3, 0.4) is 0 Å². The fourth-order valence-electron chi connectivity index (χ4n) is 2.47. The third-order valence-electron chi connectivity index (χ3n) is 3.97. The van der Waals surface area contributed by atoms with Gasteiger partial charge < -0.3 is 15.4 Å². The first-order valence-electron chi connectivity index (χ1n) is 8.43. The van der Waals surface area contributed by atoms with Gasteiger partial charge in [0.1, 0.15) is 6.04 Å². The molecule has 2 aromatic carbocycles. The molecule has 0 saturated carbocycles. The number of carbonyl (C=O) groups is 2. The van der Waals surface area contributed by atoms with Gasteiger partial charge in [-0.05, 0) is 43.1 Å². The number of aryl methyl sites for hydroxylation is 1. The molecule has 2 N–H and O–H groups in total. The number of benzene rings is 2. The largest absolute Gasteiger partial charge is 0.469 e. The minimum absolute atomic E-state index is 0.186. The highest BCUT2D eigenvalue weighted by Gasteiger charge is 2.20. The zero-order valence-electron chi connectivity index (χ0n) is 14.9. The van der Waals surface area contributed by atoms with Crippen LogP contribution in [0.1, 0.15) is 30.0 Å². The normalized spacial score (nSPS) is 11.7. The van der Waals surface area contributed by atoms with E-state index in [1.807, 2.05) is 49.4 Å². The average Bonchev–Trinajstić information content (AvgIpc) is 2.65. The second kappa shape index (κ2) is 9.94. The molecule has 0 radical (unpaired) electrons. The van der Waals surface area contributed by atoms with Gasteiger partial charge in [-0.1, -0.05) is 48.0 Å². The molecule has 0 spiro atoms. The number of esters is 1. The van der Waals surface area contributed by atoms with Crippen LogP contribution in [0.4, 0.5) is 5.69 Å². The predicted molar refractivity (Wildman–Crippen MR) is 103 cm³/mol. The van der Waals surface area contributed by atoms with E-state index in [-0.39, 0.29) is 11.9 Å². The summed E-state index contributed by atoms with van der Waals surface area (Å²) >= 11 is 6.13. The molecule has 0 bridgehead atoms. The molecule has 0 heterocycles. The molecule has 1 atom stereocenters. The van der Waals surface area contributed by atoms with E-state index in [4.69, 9.17) is 11.6 Å². The van der Waals surface area contributed by atoms with Crippen LogP contribution < -0.4 is 10.6 Å². The summed E-state index contributed by atoms with van der Waals surface area (Å²) in [6.07, 6.45) is 0.889. The SMILES string of the molecule is COC(=O)CCCN[C@H](C(=O)Nc1ccc(C)c(Cl)c1)c1ccccc1. The molecule has 0 fully saturated rings. The number of hydrogen-bond donors (Lipinski definition) is 2. The smallest absolute Gasteiger partial charge is 0.305 e. The maximum absolute atomic E-state index is 12.8. The van der Waals surface area contributed by atoms with E-state index in [1.54, 1.807) is 6.07 Å². The molecule has 2 aromatic rings. The number of anilines is 1. The number of ether oxygens (including phenoxy) is 1. The molecule has 0 saturated heterocycles. The minimum atomic E-state index is -0.533. The molecule has 0 aliphatic carbocycles. The van der Waals surface area contributed by atoms with E-state index in [9.17, 15) is 9.59 Å². The van der Waals surface area contributed by atoms with Crippen LogP contribution in [-0.2, 0) is 14.3 Å². The quantitative estimate of drug-likeness (QED) is 0.543. The van der Waals surface area contributed by atoms with E-state index in [0.717, 1.165) is 11.1 Å². The van der Waals surface area contributed by atoms with Crippen molar-refractivity contribution in [1.29, 1.82) is 0 Å². The first kappa shape index (κ1) is 19.9. The Balaban J connectivity index is 2.06. The van der Waals surface area contributed by atoms with Gasteiger partial charge in [0.25, 0.3) is 0 Å². The highest BCUT2D eigenvalue weighted by atomic mass is 35.5. The molecule has 0 aliphatic heterocycles. The first-order chi connectivity index (χ1) is 12.5. The highest BCUT2D eigenvalue weighted by Crippen LogP contribution is 2.22. The maximum Gasteiger partial charge on any atom is 0.305 e. The summed E-state index contributed by atoms with van der Waals surface area (Å²) in [5.41, 5.74) is 2.44. The van der Waals surface area contributed by atoms with Crippen molar-refractivity contribution in [3.05, 3.63) is 64.7 Å². The molecule has 0 unspecified atom stereocenters. The van der Waals surface area contributed by atoms with E-state index in [1.165, 1.54) is 7.11 Å². The zero-order valence-corrected chi connectivity index (χ0v) is 15.7. The molecule has 2 rings (SSSR count). The van der Waals surface area contributed by atoms with Crippen molar-refractivity contribution in [2.45, 2.75) is 25.8 Å². The lowest BCUT2D eigenvalue weighted by molar-refractivity contribution is -0.140. The second-order valence-electron chi connectivity index (χ2n) is 5.93. The van der Waals surface area contributed by atoms with Crippen LogP contribution in [0.25, 0.3) is 0 Å². The number of methoxy groups -OCH3 is 1. The van der Waals surface area contributed by atoms with Gasteiger partial charge >= 0.3 is 5.97 Å². The Morgan fingerprint density at radius 1 is 1.15 bits per heavy atom. The van der Waals surface area contributed by atoms with Crippen LogP contribution >= 0.6 is 11.6 Å². The van der Waals surface area contributed by atoms with Gasteiger partial charge in [-0.15, -0.1) is 0 Å². The molecule has 0 aromatic heterocycles. The fourth-order valence-corrected chi connectivity index (χ4v) is 2.65. The Hall–Kier alpha value is -2.37. The van der Waals surface area contributed by atoms with Crippen molar-refractivity contribution in [3.8, 4) is 0 Å². The van der Waals surface area contributed by atoms with E-state index >= 15 is 0 Å². The summed E-state index contributed by atoms with van der Waals surface area (Å²) in [5.74, 6) is -0.448. The molecule has 26 heavy (non-hydrogen) atoms. The van der Waals surface area contributed by atoms with Crippen molar-refractivity contribution >= 4 is 29.2 Å². The summed E-state index contributed by atoms with van der Waals surface area (Å²) in [5, 5.41) is 6.70. The Labute approximate surface area is 158 Å². The number of nitrogens with one attached hydrogen (secondary N) is 2. The van der Waals surface area contributed by atoms with Gasteiger partial charge in [-0.3, -0.25) is 9.59 Å². The lowest BCUT2D eigenvalue weighted by atomic mass is 10.1. The first-order valence-corrected chi connectivity index (χ1v) is 8.81. The Bertz CT molecular complexity index is 750. The zero-order chi connectivity index (χ0) is 18.9. The van der Waals surface area contributed by atoms with Crippen LogP contribution in [0.5, 0.6) is 0 Å². The summed E-state index contributed by atoms with van der Waals surface area (Å²) < 4.78 is 4.63. The third-order valence-corrected chi connectivity index (χ3v) is 4.38. The summed E-state index contributed by atoms with van der Waals surface area (Å²) in [6.45, 7) is 2.42. The van der Waals surface area contributed by atoms with E-state index < -0.39 is 6.04 Å². The number of halogens is 1. The molecule has 5 nitrogen and oxygen atoms in total. The van der Waals surface area contributed by atoms with Crippen molar-refractivity contribution in [3.63, 3.8) is 0 Å². The third kappa shape index (κ3) is 5.86.